The lowest BCUT2D eigenvalue weighted by Crippen LogP contribution is -2.25. The molecule has 124 valence electrons. The minimum Gasteiger partial charge on any atom is -0.288 e. The molecule has 0 N–H and O–H groups in total. The maximum atomic E-state index is 13.0. The monoisotopic (exact) mass is 341 g/mol. The predicted octanol–water partition coefficient (Wildman–Crippen LogP) is 4.81. The van der Waals surface area contributed by atoms with E-state index in [2.05, 4.69) is 11.9 Å². The topological polar surface area (TPSA) is 47.0 Å². The Kier molecular flexibility index (Phi) is 4.81. The molecule has 0 spiro atoms. The molecule has 1 aromatic heterocycles. The smallest absolute Gasteiger partial charge is 0.212 e. The van der Waals surface area contributed by atoms with Crippen LogP contribution in [0.5, 0.6) is 0 Å². The highest BCUT2D eigenvalue weighted by molar-refractivity contribution is 6.34. The van der Waals surface area contributed by atoms with Gasteiger partial charge in [0, 0.05) is 11.1 Å². The summed E-state index contributed by atoms with van der Waals surface area (Å²) in [4.78, 5) is 30.4. The van der Waals surface area contributed by atoms with Crippen molar-refractivity contribution in [2.24, 2.45) is 0 Å². The number of fused-ring (bicyclic) bond motifs is 2. The van der Waals surface area contributed by atoms with E-state index < -0.39 is 0 Å². The Hall–Kier alpha value is -2.00. The third-order valence-electron chi connectivity index (χ3n) is 4.43. The molecule has 3 nitrogen and oxygen atoms in total. The molecule has 0 amide bonds. The van der Waals surface area contributed by atoms with Gasteiger partial charge in [0.15, 0.2) is 5.78 Å². The van der Waals surface area contributed by atoms with E-state index in [0.29, 0.717) is 34.6 Å². The largest absolute Gasteiger partial charge is 0.288 e. The van der Waals surface area contributed by atoms with Crippen molar-refractivity contribution in [3.8, 4) is 0 Å². The number of rotatable bonds is 5. The first kappa shape index (κ1) is 16.8. The summed E-state index contributed by atoms with van der Waals surface area (Å²) in [6, 6.07) is 6.95. The fourth-order valence-electron chi connectivity index (χ4n) is 3.21. The van der Waals surface area contributed by atoms with E-state index in [1.54, 1.807) is 24.3 Å². The van der Waals surface area contributed by atoms with Crippen molar-refractivity contribution in [3.05, 3.63) is 62.9 Å². The van der Waals surface area contributed by atoms with Crippen molar-refractivity contribution in [1.29, 1.82) is 0 Å². The van der Waals surface area contributed by atoms with Gasteiger partial charge in [-0.15, -0.1) is 0 Å². The number of hydrogen-bond acceptors (Lipinski definition) is 3. The Labute approximate surface area is 147 Å². The van der Waals surface area contributed by atoms with Gasteiger partial charge in [-0.1, -0.05) is 62.6 Å². The highest BCUT2D eigenvalue weighted by Crippen LogP contribution is 2.34. The number of hydrogen-bond donors (Lipinski definition) is 0. The van der Waals surface area contributed by atoms with Gasteiger partial charge in [-0.2, -0.15) is 0 Å². The minimum atomic E-state index is -0.174. The fraction of sp³-hybridized carbons (Fsp3) is 0.350. The summed E-state index contributed by atoms with van der Waals surface area (Å²) in [6.45, 7) is 4.14. The van der Waals surface area contributed by atoms with Gasteiger partial charge in [-0.05, 0) is 24.8 Å². The van der Waals surface area contributed by atoms with Crippen molar-refractivity contribution in [2.75, 3.05) is 0 Å². The number of aryl methyl sites for hydroxylation is 1. The summed E-state index contributed by atoms with van der Waals surface area (Å²) in [7, 11) is 0. The number of pyridine rings is 1. The van der Waals surface area contributed by atoms with Gasteiger partial charge < -0.3 is 0 Å². The molecule has 4 heteroatoms. The number of nitrogens with zero attached hydrogens (tertiary/aromatic N) is 1. The summed E-state index contributed by atoms with van der Waals surface area (Å²) in [6.07, 6.45) is 4.20. The zero-order valence-electron chi connectivity index (χ0n) is 14.0. The van der Waals surface area contributed by atoms with Crippen LogP contribution >= 0.6 is 11.6 Å². The SMILES string of the molecule is CCCCc1c(Cl)c(CCC)nc2c1C(=O)c1ccccc1C2=O. The molecule has 1 aliphatic rings. The molecule has 0 saturated carbocycles. The quantitative estimate of drug-likeness (QED) is 0.669. The number of aromatic nitrogens is 1. The number of unbranched alkanes of at least 4 members (excludes halogenated alkanes) is 1. The van der Waals surface area contributed by atoms with Crippen LogP contribution < -0.4 is 0 Å². The number of benzene rings is 1. The van der Waals surface area contributed by atoms with E-state index in [-0.39, 0.29) is 17.3 Å². The molecule has 0 bridgehead atoms. The standard InChI is InChI=1S/C20H20ClNO2/c1-3-5-9-14-16-18(22-15(8-4-2)17(14)21)20(24)13-11-7-6-10-12(13)19(16)23/h6-7,10-11H,3-5,8-9H2,1-2H3. The Morgan fingerprint density at radius 2 is 1.62 bits per heavy atom. The first-order valence-electron chi connectivity index (χ1n) is 8.49. The van der Waals surface area contributed by atoms with Gasteiger partial charge in [0.1, 0.15) is 5.69 Å². The maximum Gasteiger partial charge on any atom is 0.212 e. The zero-order valence-corrected chi connectivity index (χ0v) is 14.7. The summed E-state index contributed by atoms with van der Waals surface area (Å²) < 4.78 is 0. The third-order valence-corrected chi connectivity index (χ3v) is 4.88. The molecule has 0 atom stereocenters. The average molecular weight is 342 g/mol. The molecule has 0 radical (unpaired) electrons. The Morgan fingerprint density at radius 1 is 0.958 bits per heavy atom. The summed E-state index contributed by atoms with van der Waals surface area (Å²) in [5, 5.41) is 0.560. The van der Waals surface area contributed by atoms with Crippen LogP contribution in [0.15, 0.2) is 24.3 Å². The van der Waals surface area contributed by atoms with E-state index in [0.717, 1.165) is 30.5 Å². The Bertz CT molecular complexity index is 827. The van der Waals surface area contributed by atoms with Crippen LogP contribution in [0.3, 0.4) is 0 Å². The highest BCUT2D eigenvalue weighted by atomic mass is 35.5. The van der Waals surface area contributed by atoms with Gasteiger partial charge >= 0.3 is 0 Å². The van der Waals surface area contributed by atoms with E-state index in [1.165, 1.54) is 0 Å². The van der Waals surface area contributed by atoms with Gasteiger partial charge in [-0.25, -0.2) is 4.98 Å². The lowest BCUT2D eigenvalue weighted by atomic mass is 9.83. The van der Waals surface area contributed by atoms with Crippen LogP contribution in [-0.4, -0.2) is 16.6 Å². The van der Waals surface area contributed by atoms with E-state index >= 15 is 0 Å². The van der Waals surface area contributed by atoms with Crippen molar-refractivity contribution in [1.82, 2.24) is 4.98 Å². The second-order valence-corrected chi connectivity index (χ2v) is 6.51. The molecule has 2 aromatic rings. The Balaban J connectivity index is 2.26. The molecule has 0 saturated heterocycles. The maximum absolute atomic E-state index is 13.0. The van der Waals surface area contributed by atoms with Crippen LogP contribution in [0, 0.1) is 0 Å². The second kappa shape index (κ2) is 6.86. The molecule has 3 rings (SSSR count). The number of carbonyl (C=O) groups is 2. The van der Waals surface area contributed by atoms with Crippen LogP contribution in [-0.2, 0) is 12.8 Å². The lowest BCUT2D eigenvalue weighted by molar-refractivity contribution is 0.0974. The van der Waals surface area contributed by atoms with Crippen LogP contribution in [0.1, 0.15) is 76.3 Å². The van der Waals surface area contributed by atoms with Gasteiger partial charge in [-0.3, -0.25) is 9.59 Å². The zero-order chi connectivity index (χ0) is 17.3. The Morgan fingerprint density at radius 3 is 2.25 bits per heavy atom. The first-order chi connectivity index (χ1) is 11.6. The van der Waals surface area contributed by atoms with Crippen LogP contribution in [0.25, 0.3) is 0 Å². The second-order valence-electron chi connectivity index (χ2n) is 6.13. The fourth-order valence-corrected chi connectivity index (χ4v) is 3.53. The lowest BCUT2D eigenvalue weighted by Gasteiger charge is -2.22. The van der Waals surface area contributed by atoms with E-state index in [4.69, 9.17) is 11.6 Å². The highest BCUT2D eigenvalue weighted by Gasteiger charge is 2.34. The molecule has 0 fully saturated rings. The summed E-state index contributed by atoms with van der Waals surface area (Å²) in [5.41, 5.74) is 3.10. The van der Waals surface area contributed by atoms with Gasteiger partial charge in [0.05, 0.1) is 16.3 Å². The molecule has 1 heterocycles. The molecule has 24 heavy (non-hydrogen) atoms. The minimum absolute atomic E-state index is 0.135. The molecular formula is C20H20ClNO2. The molecule has 1 aliphatic carbocycles. The van der Waals surface area contributed by atoms with Gasteiger partial charge in [0.25, 0.3) is 0 Å². The van der Waals surface area contributed by atoms with Crippen molar-refractivity contribution in [2.45, 2.75) is 46.0 Å². The third kappa shape index (κ3) is 2.67. The number of ketones is 2. The van der Waals surface area contributed by atoms with Crippen molar-refractivity contribution in [3.63, 3.8) is 0 Å². The van der Waals surface area contributed by atoms with E-state index in [1.807, 2.05) is 6.92 Å². The summed E-state index contributed by atoms with van der Waals surface area (Å²) in [5.74, 6) is -0.310. The normalized spacial score (nSPS) is 13.0. The molecule has 0 aliphatic heterocycles. The number of carbonyl (C=O) groups excluding carboxylic acids is 2. The van der Waals surface area contributed by atoms with Crippen LogP contribution in [0.2, 0.25) is 5.02 Å². The first-order valence-corrected chi connectivity index (χ1v) is 8.87. The van der Waals surface area contributed by atoms with Crippen molar-refractivity contribution >= 4 is 23.2 Å². The molecule has 0 unspecified atom stereocenters. The summed E-state index contributed by atoms with van der Waals surface area (Å²) >= 11 is 6.57. The molecule has 1 aromatic carbocycles. The average Bonchev–Trinajstić information content (AvgIpc) is 2.60. The molecular weight excluding hydrogens is 322 g/mol. The van der Waals surface area contributed by atoms with Crippen LogP contribution in [0.4, 0.5) is 0 Å². The number of halogens is 1. The predicted molar refractivity (Wildman–Crippen MR) is 95.2 cm³/mol. The van der Waals surface area contributed by atoms with E-state index in [9.17, 15) is 9.59 Å². The van der Waals surface area contributed by atoms with Gasteiger partial charge in [0.2, 0.25) is 5.78 Å². The van der Waals surface area contributed by atoms with Crippen molar-refractivity contribution < 1.29 is 9.59 Å².